The zero-order valence-corrected chi connectivity index (χ0v) is 16.0. The predicted molar refractivity (Wildman–Crippen MR) is 105 cm³/mol. The van der Waals surface area contributed by atoms with E-state index in [1.807, 2.05) is 30.6 Å². The van der Waals surface area contributed by atoms with Gasteiger partial charge in [-0.1, -0.05) is 12.5 Å². The number of anilines is 1. The van der Waals surface area contributed by atoms with E-state index in [2.05, 4.69) is 21.1 Å². The SMILES string of the molecule is COc1ccc(N(Cc2cccnc2)N2CCCCC2)nc1OCC1CC1. The van der Waals surface area contributed by atoms with E-state index in [4.69, 9.17) is 14.5 Å². The van der Waals surface area contributed by atoms with Gasteiger partial charge in [-0.15, -0.1) is 0 Å². The summed E-state index contributed by atoms with van der Waals surface area (Å²) in [5.74, 6) is 2.86. The van der Waals surface area contributed by atoms with Gasteiger partial charge >= 0.3 is 0 Å². The lowest BCUT2D eigenvalue weighted by Gasteiger charge is -2.38. The van der Waals surface area contributed by atoms with Crippen LogP contribution < -0.4 is 14.5 Å². The molecule has 0 N–H and O–H groups in total. The van der Waals surface area contributed by atoms with E-state index in [0.29, 0.717) is 17.5 Å². The number of hydrogen-bond donors (Lipinski definition) is 0. The molecule has 0 bridgehead atoms. The van der Waals surface area contributed by atoms with E-state index in [0.717, 1.165) is 32.1 Å². The first-order chi connectivity index (χ1) is 13.3. The third kappa shape index (κ3) is 4.69. The number of methoxy groups -OCH3 is 1. The molecule has 0 atom stereocenters. The fourth-order valence-electron chi connectivity index (χ4n) is 3.41. The second kappa shape index (κ2) is 8.57. The standard InChI is InChI=1S/C21H28N4O2/c1-26-19-9-10-20(23-21(19)27-16-17-7-8-17)25(24-12-3-2-4-13-24)15-18-6-5-11-22-14-18/h5-6,9-11,14,17H,2-4,7-8,12-13,15-16H2,1H3. The Balaban J connectivity index is 1.60. The highest BCUT2D eigenvalue weighted by molar-refractivity contribution is 5.47. The zero-order valence-electron chi connectivity index (χ0n) is 16.0. The summed E-state index contributed by atoms with van der Waals surface area (Å²) in [5.41, 5.74) is 1.17. The molecule has 2 aromatic rings. The molecule has 2 aliphatic rings. The van der Waals surface area contributed by atoms with Crippen molar-refractivity contribution in [1.82, 2.24) is 15.0 Å². The van der Waals surface area contributed by atoms with Gasteiger partial charge in [0.25, 0.3) is 5.88 Å². The summed E-state index contributed by atoms with van der Waals surface area (Å²) in [5, 5.41) is 4.66. The summed E-state index contributed by atoms with van der Waals surface area (Å²) in [6.45, 7) is 3.56. The molecular formula is C21H28N4O2. The van der Waals surface area contributed by atoms with Crippen LogP contribution in [0.2, 0.25) is 0 Å². The minimum atomic E-state index is 0.593. The topological polar surface area (TPSA) is 50.7 Å². The Bertz CT molecular complexity index is 730. The molecule has 144 valence electrons. The molecule has 27 heavy (non-hydrogen) atoms. The van der Waals surface area contributed by atoms with Gasteiger partial charge in [-0.3, -0.25) is 9.99 Å². The van der Waals surface area contributed by atoms with Gasteiger partial charge in [0.1, 0.15) is 5.82 Å². The summed E-state index contributed by atoms with van der Waals surface area (Å²) in [7, 11) is 1.67. The summed E-state index contributed by atoms with van der Waals surface area (Å²) in [6.07, 6.45) is 9.96. The second-order valence-electron chi connectivity index (χ2n) is 7.36. The zero-order chi connectivity index (χ0) is 18.5. The minimum absolute atomic E-state index is 0.593. The van der Waals surface area contributed by atoms with Crippen LogP contribution in [-0.4, -0.2) is 41.8 Å². The Kier molecular flexibility index (Phi) is 5.72. The summed E-state index contributed by atoms with van der Waals surface area (Å²) >= 11 is 0. The van der Waals surface area contributed by atoms with Gasteiger partial charge in [0.2, 0.25) is 0 Å². The molecule has 1 saturated carbocycles. The summed E-state index contributed by atoms with van der Waals surface area (Å²) < 4.78 is 11.5. The molecule has 0 unspecified atom stereocenters. The first-order valence-corrected chi connectivity index (χ1v) is 9.92. The molecule has 6 nitrogen and oxygen atoms in total. The Labute approximate surface area is 161 Å². The molecule has 1 aliphatic heterocycles. The Morgan fingerprint density at radius 2 is 2.00 bits per heavy atom. The molecule has 0 spiro atoms. The molecule has 2 aromatic heterocycles. The van der Waals surface area contributed by atoms with Crippen LogP contribution in [0.1, 0.15) is 37.7 Å². The Hall–Kier alpha value is -2.34. The molecule has 4 rings (SSSR count). The van der Waals surface area contributed by atoms with E-state index in [-0.39, 0.29) is 0 Å². The smallest absolute Gasteiger partial charge is 0.259 e. The van der Waals surface area contributed by atoms with E-state index < -0.39 is 0 Å². The van der Waals surface area contributed by atoms with Crippen LogP contribution in [0.3, 0.4) is 0 Å². The van der Waals surface area contributed by atoms with Crippen LogP contribution in [0.15, 0.2) is 36.7 Å². The molecule has 0 aromatic carbocycles. The van der Waals surface area contributed by atoms with E-state index in [1.165, 1.54) is 37.7 Å². The molecule has 1 saturated heterocycles. The molecule has 0 amide bonds. The normalized spacial score (nSPS) is 17.5. The first kappa shape index (κ1) is 18.0. The molecule has 1 aliphatic carbocycles. The van der Waals surface area contributed by atoms with Gasteiger partial charge in [0, 0.05) is 25.5 Å². The van der Waals surface area contributed by atoms with Crippen molar-refractivity contribution >= 4 is 5.82 Å². The number of pyridine rings is 2. The molecule has 6 heteroatoms. The van der Waals surface area contributed by atoms with Crippen molar-refractivity contribution in [2.45, 2.75) is 38.6 Å². The van der Waals surface area contributed by atoms with Gasteiger partial charge < -0.3 is 9.47 Å². The highest BCUT2D eigenvalue weighted by atomic mass is 16.5. The van der Waals surface area contributed by atoms with Gasteiger partial charge in [-0.05, 0) is 55.4 Å². The van der Waals surface area contributed by atoms with Crippen LogP contribution >= 0.6 is 0 Å². The number of piperidine rings is 1. The molecule has 2 fully saturated rings. The molecule has 0 radical (unpaired) electrons. The van der Waals surface area contributed by atoms with Crippen molar-refractivity contribution in [1.29, 1.82) is 0 Å². The average Bonchev–Trinajstić information content (AvgIpc) is 3.56. The maximum atomic E-state index is 5.99. The van der Waals surface area contributed by atoms with Crippen LogP contribution in [0.25, 0.3) is 0 Å². The maximum Gasteiger partial charge on any atom is 0.259 e. The summed E-state index contributed by atoms with van der Waals surface area (Å²) in [6, 6.07) is 8.08. The van der Waals surface area contributed by atoms with Crippen molar-refractivity contribution in [3.05, 3.63) is 42.2 Å². The van der Waals surface area contributed by atoms with E-state index in [9.17, 15) is 0 Å². The fourth-order valence-corrected chi connectivity index (χ4v) is 3.41. The number of rotatable bonds is 8. The van der Waals surface area contributed by atoms with Crippen LogP contribution in [0.5, 0.6) is 11.6 Å². The molecule has 3 heterocycles. The van der Waals surface area contributed by atoms with E-state index >= 15 is 0 Å². The van der Waals surface area contributed by atoms with Crippen molar-refractivity contribution in [2.24, 2.45) is 5.92 Å². The second-order valence-corrected chi connectivity index (χ2v) is 7.36. The predicted octanol–water partition coefficient (Wildman–Crippen LogP) is 3.68. The highest BCUT2D eigenvalue weighted by Gasteiger charge is 2.25. The quantitative estimate of drug-likeness (QED) is 0.708. The first-order valence-electron chi connectivity index (χ1n) is 9.92. The monoisotopic (exact) mass is 368 g/mol. The van der Waals surface area contributed by atoms with Crippen molar-refractivity contribution in [2.75, 3.05) is 31.8 Å². The number of hydrogen-bond acceptors (Lipinski definition) is 6. The van der Waals surface area contributed by atoms with Crippen LogP contribution in [0, 0.1) is 5.92 Å². The lowest BCUT2D eigenvalue weighted by Crippen LogP contribution is -2.45. The highest BCUT2D eigenvalue weighted by Crippen LogP contribution is 2.33. The summed E-state index contributed by atoms with van der Waals surface area (Å²) in [4.78, 5) is 9.10. The van der Waals surface area contributed by atoms with Crippen molar-refractivity contribution < 1.29 is 9.47 Å². The number of aromatic nitrogens is 2. The number of ether oxygens (including phenoxy) is 2. The third-order valence-corrected chi connectivity index (χ3v) is 5.18. The maximum absolute atomic E-state index is 5.99. The van der Waals surface area contributed by atoms with Gasteiger partial charge in [-0.2, -0.15) is 4.98 Å². The van der Waals surface area contributed by atoms with Gasteiger partial charge in [-0.25, -0.2) is 5.01 Å². The fraction of sp³-hybridized carbons (Fsp3) is 0.524. The van der Waals surface area contributed by atoms with Gasteiger partial charge in [0.15, 0.2) is 5.75 Å². The van der Waals surface area contributed by atoms with E-state index in [1.54, 1.807) is 7.11 Å². The molecular weight excluding hydrogens is 340 g/mol. The number of hydrazine groups is 1. The number of nitrogens with zero attached hydrogens (tertiary/aromatic N) is 4. The minimum Gasteiger partial charge on any atom is -0.491 e. The Morgan fingerprint density at radius 1 is 1.15 bits per heavy atom. The third-order valence-electron chi connectivity index (χ3n) is 5.18. The van der Waals surface area contributed by atoms with Crippen molar-refractivity contribution in [3.63, 3.8) is 0 Å². The lowest BCUT2D eigenvalue weighted by molar-refractivity contribution is 0.201. The van der Waals surface area contributed by atoms with Crippen LogP contribution in [-0.2, 0) is 6.54 Å². The Morgan fingerprint density at radius 3 is 2.70 bits per heavy atom. The van der Waals surface area contributed by atoms with Crippen LogP contribution in [0.4, 0.5) is 5.82 Å². The average molecular weight is 368 g/mol. The van der Waals surface area contributed by atoms with Crippen molar-refractivity contribution in [3.8, 4) is 11.6 Å². The lowest BCUT2D eigenvalue weighted by atomic mass is 10.1. The largest absolute Gasteiger partial charge is 0.491 e. The van der Waals surface area contributed by atoms with Gasteiger partial charge in [0.05, 0.1) is 20.3 Å².